The number of halogens is 2. The number of hydrogen-bond acceptors (Lipinski definition) is 1. The molecule has 0 N–H and O–H groups in total. The van der Waals surface area contributed by atoms with E-state index in [1.54, 1.807) is 12.1 Å². The number of benzene rings is 1. The first kappa shape index (κ1) is 25.5. The molecule has 0 atom stereocenters. The summed E-state index contributed by atoms with van der Waals surface area (Å²) >= 11 is 0. The molecule has 2 aliphatic rings. The minimum Gasteiger partial charge on any atom is -0.490 e. The highest BCUT2D eigenvalue weighted by Crippen LogP contribution is 2.41. The molecule has 0 aromatic heterocycles. The van der Waals surface area contributed by atoms with Crippen LogP contribution in [-0.4, -0.2) is 6.61 Å². The minimum atomic E-state index is -0.796. The van der Waals surface area contributed by atoms with Crippen LogP contribution < -0.4 is 4.74 Å². The summed E-state index contributed by atoms with van der Waals surface area (Å²) in [6.07, 6.45) is 19.9. The summed E-state index contributed by atoms with van der Waals surface area (Å²) in [6.45, 7) is 4.86. The highest BCUT2D eigenvalue weighted by molar-refractivity contribution is 5.33. The molecule has 1 aromatic carbocycles. The van der Waals surface area contributed by atoms with Gasteiger partial charge in [0.1, 0.15) is 0 Å². The fraction of sp³-hybridized carbons (Fsp3) is 0.793. The third kappa shape index (κ3) is 7.45. The van der Waals surface area contributed by atoms with Crippen molar-refractivity contribution in [1.29, 1.82) is 0 Å². The molecule has 2 fully saturated rings. The van der Waals surface area contributed by atoms with Crippen LogP contribution >= 0.6 is 0 Å². The summed E-state index contributed by atoms with van der Waals surface area (Å²) in [5, 5.41) is 0. The zero-order valence-electron chi connectivity index (χ0n) is 20.6. The lowest BCUT2D eigenvalue weighted by molar-refractivity contribution is 0.222. The molecule has 0 amide bonds. The Kier molecular flexibility index (Phi) is 10.8. The van der Waals surface area contributed by atoms with Crippen molar-refractivity contribution in [1.82, 2.24) is 0 Å². The lowest BCUT2D eigenvalue weighted by Crippen LogP contribution is -2.18. The first-order chi connectivity index (χ1) is 15.6. The quantitative estimate of drug-likeness (QED) is 0.289. The lowest BCUT2D eigenvalue weighted by atomic mass is 9.74. The molecule has 182 valence electrons. The minimum absolute atomic E-state index is 0.0699. The van der Waals surface area contributed by atoms with Gasteiger partial charge in [0.2, 0.25) is 5.82 Å². The van der Waals surface area contributed by atoms with E-state index in [9.17, 15) is 8.78 Å². The van der Waals surface area contributed by atoms with E-state index < -0.39 is 11.6 Å². The van der Waals surface area contributed by atoms with Gasteiger partial charge in [0.05, 0.1) is 6.61 Å². The summed E-state index contributed by atoms with van der Waals surface area (Å²) in [5.74, 6) is 1.45. The molecule has 32 heavy (non-hydrogen) atoms. The Morgan fingerprint density at radius 3 is 1.84 bits per heavy atom. The Morgan fingerprint density at radius 1 is 0.688 bits per heavy atom. The van der Waals surface area contributed by atoms with E-state index in [1.165, 1.54) is 57.8 Å². The molecule has 0 bridgehead atoms. The van der Waals surface area contributed by atoms with Gasteiger partial charge in [-0.3, -0.25) is 0 Å². The SMILES string of the molecule is CCCCCOc1ccc(C2CCC(CCC3CCC(CCCC)CC3)CC2)c(F)c1F. The predicted molar refractivity (Wildman–Crippen MR) is 130 cm³/mol. The smallest absolute Gasteiger partial charge is 0.200 e. The highest BCUT2D eigenvalue weighted by Gasteiger charge is 2.28. The second-order valence-electron chi connectivity index (χ2n) is 10.7. The molecule has 0 heterocycles. The zero-order chi connectivity index (χ0) is 22.8. The Morgan fingerprint density at radius 2 is 1.25 bits per heavy atom. The van der Waals surface area contributed by atoms with Crippen molar-refractivity contribution in [2.24, 2.45) is 17.8 Å². The molecule has 0 spiro atoms. The van der Waals surface area contributed by atoms with Crippen molar-refractivity contribution in [2.75, 3.05) is 6.61 Å². The Bertz CT molecular complexity index is 657. The van der Waals surface area contributed by atoms with Gasteiger partial charge in [0, 0.05) is 0 Å². The maximum absolute atomic E-state index is 14.8. The van der Waals surface area contributed by atoms with Crippen LogP contribution in [0.2, 0.25) is 0 Å². The van der Waals surface area contributed by atoms with Gasteiger partial charge in [-0.05, 0) is 67.4 Å². The molecule has 2 saturated carbocycles. The first-order valence-electron chi connectivity index (χ1n) is 13.7. The molecule has 1 nitrogen and oxygen atoms in total. The molecule has 0 radical (unpaired) electrons. The molecule has 3 heteroatoms. The molecule has 0 aliphatic heterocycles. The summed E-state index contributed by atoms with van der Waals surface area (Å²) in [7, 11) is 0. The fourth-order valence-electron chi connectivity index (χ4n) is 6.04. The molecule has 0 saturated heterocycles. The van der Waals surface area contributed by atoms with Crippen LogP contribution in [0.4, 0.5) is 8.78 Å². The second-order valence-corrected chi connectivity index (χ2v) is 10.7. The molecule has 0 unspecified atom stereocenters. The molecular formula is C29H46F2O. The summed E-state index contributed by atoms with van der Waals surface area (Å²) in [5.41, 5.74) is 0.562. The van der Waals surface area contributed by atoms with Crippen molar-refractivity contribution < 1.29 is 13.5 Å². The van der Waals surface area contributed by atoms with Crippen LogP contribution in [0.15, 0.2) is 12.1 Å². The topological polar surface area (TPSA) is 9.23 Å². The van der Waals surface area contributed by atoms with E-state index in [0.717, 1.165) is 62.7 Å². The fourth-order valence-corrected chi connectivity index (χ4v) is 6.04. The van der Waals surface area contributed by atoms with E-state index in [2.05, 4.69) is 13.8 Å². The van der Waals surface area contributed by atoms with Crippen molar-refractivity contribution in [3.63, 3.8) is 0 Å². The van der Waals surface area contributed by atoms with Crippen molar-refractivity contribution >= 4 is 0 Å². The lowest BCUT2D eigenvalue weighted by Gasteiger charge is -2.32. The molecule has 1 aromatic rings. The van der Waals surface area contributed by atoms with Crippen LogP contribution in [0, 0.1) is 29.4 Å². The van der Waals surface area contributed by atoms with Gasteiger partial charge in [-0.15, -0.1) is 0 Å². The van der Waals surface area contributed by atoms with Crippen molar-refractivity contribution in [3.8, 4) is 5.75 Å². The molecule has 2 aliphatic carbocycles. The number of ether oxygens (including phenoxy) is 1. The standard InChI is InChI=1S/C29H46F2O/c1-3-5-7-21-32-27-20-19-26(28(30)29(27)31)25-17-15-24(16-18-25)14-13-23-11-9-22(10-12-23)8-6-4-2/h19-20,22-25H,3-18,21H2,1-2H3. The average Bonchev–Trinajstić information content (AvgIpc) is 2.83. The van der Waals surface area contributed by atoms with Crippen LogP contribution in [0.1, 0.15) is 128 Å². The van der Waals surface area contributed by atoms with Gasteiger partial charge >= 0.3 is 0 Å². The Labute approximate surface area is 195 Å². The van der Waals surface area contributed by atoms with Gasteiger partial charge in [-0.25, -0.2) is 4.39 Å². The second kappa shape index (κ2) is 13.6. The van der Waals surface area contributed by atoms with Crippen LogP contribution in [0.3, 0.4) is 0 Å². The third-order valence-corrected chi connectivity index (χ3v) is 8.28. The van der Waals surface area contributed by atoms with Crippen molar-refractivity contribution in [3.05, 3.63) is 29.3 Å². The normalized spacial score (nSPS) is 26.2. The summed E-state index contributed by atoms with van der Waals surface area (Å²) in [4.78, 5) is 0. The monoisotopic (exact) mass is 448 g/mol. The maximum Gasteiger partial charge on any atom is 0.200 e. The number of rotatable bonds is 12. The molecular weight excluding hydrogens is 402 g/mol. The van der Waals surface area contributed by atoms with E-state index in [0.29, 0.717) is 12.2 Å². The third-order valence-electron chi connectivity index (χ3n) is 8.28. The summed E-state index contributed by atoms with van der Waals surface area (Å²) < 4.78 is 34.8. The van der Waals surface area contributed by atoms with E-state index in [-0.39, 0.29) is 11.7 Å². The Balaban J connectivity index is 1.39. The van der Waals surface area contributed by atoms with E-state index in [1.807, 2.05) is 0 Å². The molecule has 3 rings (SSSR count). The van der Waals surface area contributed by atoms with Gasteiger partial charge in [-0.2, -0.15) is 4.39 Å². The summed E-state index contributed by atoms with van der Waals surface area (Å²) in [6, 6.07) is 3.41. The van der Waals surface area contributed by atoms with Crippen LogP contribution in [0.25, 0.3) is 0 Å². The van der Waals surface area contributed by atoms with E-state index >= 15 is 0 Å². The van der Waals surface area contributed by atoms with Gasteiger partial charge in [0.25, 0.3) is 0 Å². The number of hydrogen-bond donors (Lipinski definition) is 0. The van der Waals surface area contributed by atoms with Crippen molar-refractivity contribution in [2.45, 2.75) is 122 Å². The average molecular weight is 449 g/mol. The predicted octanol–water partition coefficient (Wildman–Crippen LogP) is 9.58. The zero-order valence-corrected chi connectivity index (χ0v) is 20.6. The first-order valence-corrected chi connectivity index (χ1v) is 13.7. The van der Waals surface area contributed by atoms with Gasteiger partial charge < -0.3 is 4.74 Å². The number of unbranched alkanes of at least 4 members (excludes halogenated alkanes) is 3. The van der Waals surface area contributed by atoms with Crippen LogP contribution in [-0.2, 0) is 0 Å². The maximum atomic E-state index is 14.8. The van der Waals surface area contributed by atoms with Gasteiger partial charge in [-0.1, -0.05) is 90.5 Å². The largest absolute Gasteiger partial charge is 0.490 e. The Hall–Kier alpha value is -1.12. The van der Waals surface area contributed by atoms with Gasteiger partial charge in [0.15, 0.2) is 11.6 Å². The van der Waals surface area contributed by atoms with E-state index in [4.69, 9.17) is 4.74 Å². The highest BCUT2D eigenvalue weighted by atomic mass is 19.2. The van der Waals surface area contributed by atoms with Crippen LogP contribution in [0.5, 0.6) is 5.75 Å².